The number of carbonyl (C=O) groups is 2. The zero-order valence-electron chi connectivity index (χ0n) is 16.1. The minimum Gasteiger partial charge on any atom is -0.455 e. The molecule has 0 radical (unpaired) electrons. The van der Waals surface area contributed by atoms with Crippen LogP contribution in [0, 0.1) is 13.8 Å². The van der Waals surface area contributed by atoms with Crippen molar-refractivity contribution >= 4 is 11.8 Å². The molecule has 1 aromatic heterocycles. The third kappa shape index (κ3) is 5.30. The van der Waals surface area contributed by atoms with Gasteiger partial charge in [-0.15, -0.1) is 0 Å². The molecule has 0 saturated carbocycles. The highest BCUT2D eigenvalue weighted by atomic mass is 16.6. The Balaban J connectivity index is 1.97. The first-order valence-corrected chi connectivity index (χ1v) is 8.76. The lowest BCUT2D eigenvalue weighted by Crippen LogP contribution is -2.24. The molecule has 0 aliphatic heterocycles. The molecule has 1 heterocycles. The number of ether oxygens (including phenoxy) is 2. The number of aromatic amines is 1. The number of hydrogen-bond donors (Lipinski definition) is 1. The maximum Gasteiger partial charge on any atom is 0.355 e. The molecule has 140 valence electrons. The number of esters is 1. The van der Waals surface area contributed by atoms with E-state index < -0.39 is 11.6 Å². The lowest BCUT2D eigenvalue weighted by Gasteiger charge is -2.19. The van der Waals surface area contributed by atoms with Gasteiger partial charge < -0.3 is 14.5 Å². The molecule has 0 spiro atoms. The predicted molar refractivity (Wildman–Crippen MR) is 100 cm³/mol. The maximum atomic E-state index is 12.6. The van der Waals surface area contributed by atoms with Gasteiger partial charge in [-0.05, 0) is 45.7 Å². The molecule has 0 aliphatic carbocycles. The van der Waals surface area contributed by atoms with Gasteiger partial charge in [0.25, 0.3) is 0 Å². The summed E-state index contributed by atoms with van der Waals surface area (Å²) in [6.45, 7) is 9.80. The number of ketones is 1. The summed E-state index contributed by atoms with van der Waals surface area (Å²) in [6.07, 6.45) is 0.264. The molecular weight excluding hydrogens is 330 g/mol. The summed E-state index contributed by atoms with van der Waals surface area (Å²) in [4.78, 5) is 27.9. The molecule has 5 nitrogen and oxygen atoms in total. The number of rotatable bonds is 7. The normalized spacial score (nSPS) is 11.4. The number of aromatic nitrogens is 1. The first-order valence-electron chi connectivity index (χ1n) is 8.76. The standard InChI is InChI=1S/C21H27NO4/c1-14-18(15(2)22-19(14)20(24)26-21(3,4)5)17(23)11-12-25-13-16-9-7-6-8-10-16/h6-10,22H,11-13H2,1-5H3. The van der Waals surface area contributed by atoms with E-state index in [0.717, 1.165) is 5.56 Å². The van der Waals surface area contributed by atoms with E-state index >= 15 is 0 Å². The van der Waals surface area contributed by atoms with E-state index in [2.05, 4.69) is 4.98 Å². The van der Waals surface area contributed by atoms with Crippen LogP contribution in [-0.2, 0) is 16.1 Å². The van der Waals surface area contributed by atoms with Crippen LogP contribution >= 0.6 is 0 Å². The predicted octanol–water partition coefficient (Wildman–Crippen LogP) is 4.38. The van der Waals surface area contributed by atoms with Gasteiger partial charge in [0, 0.05) is 17.7 Å². The summed E-state index contributed by atoms with van der Waals surface area (Å²) in [7, 11) is 0. The van der Waals surface area contributed by atoms with Gasteiger partial charge in [-0.1, -0.05) is 30.3 Å². The summed E-state index contributed by atoms with van der Waals surface area (Å²) in [5, 5.41) is 0. The maximum absolute atomic E-state index is 12.6. The van der Waals surface area contributed by atoms with Crippen molar-refractivity contribution < 1.29 is 19.1 Å². The van der Waals surface area contributed by atoms with Crippen LogP contribution in [0.4, 0.5) is 0 Å². The number of hydrogen-bond acceptors (Lipinski definition) is 4. The molecule has 5 heteroatoms. The number of H-pyrrole nitrogens is 1. The van der Waals surface area contributed by atoms with Gasteiger partial charge in [0.05, 0.1) is 13.2 Å². The molecular formula is C21H27NO4. The third-order valence-corrected chi connectivity index (χ3v) is 3.90. The van der Waals surface area contributed by atoms with E-state index in [1.165, 1.54) is 0 Å². The molecule has 26 heavy (non-hydrogen) atoms. The highest BCUT2D eigenvalue weighted by Crippen LogP contribution is 2.22. The van der Waals surface area contributed by atoms with E-state index in [0.29, 0.717) is 35.7 Å². The summed E-state index contributed by atoms with van der Waals surface area (Å²) in [6, 6.07) is 9.82. The van der Waals surface area contributed by atoms with Gasteiger partial charge in [0.2, 0.25) is 0 Å². The van der Waals surface area contributed by atoms with Gasteiger partial charge in [0.15, 0.2) is 5.78 Å². The lowest BCUT2D eigenvalue weighted by atomic mass is 10.0. The summed E-state index contributed by atoms with van der Waals surface area (Å²) < 4.78 is 11.0. The molecule has 0 fully saturated rings. The second-order valence-electron chi connectivity index (χ2n) is 7.34. The molecule has 0 unspecified atom stereocenters. The van der Waals surface area contributed by atoms with Crippen LogP contribution in [0.25, 0.3) is 0 Å². The summed E-state index contributed by atoms with van der Waals surface area (Å²) in [5.74, 6) is -0.489. The topological polar surface area (TPSA) is 68.4 Å². The van der Waals surface area contributed by atoms with Crippen LogP contribution in [0.2, 0.25) is 0 Å². The Morgan fingerprint density at radius 2 is 1.73 bits per heavy atom. The molecule has 0 saturated heterocycles. The molecule has 1 N–H and O–H groups in total. The Morgan fingerprint density at radius 3 is 2.35 bits per heavy atom. The van der Waals surface area contributed by atoms with Crippen LogP contribution in [-0.4, -0.2) is 28.9 Å². The second kappa shape index (κ2) is 8.32. The van der Waals surface area contributed by atoms with Crippen molar-refractivity contribution in [2.75, 3.05) is 6.61 Å². The highest BCUT2D eigenvalue weighted by molar-refractivity contribution is 6.02. The van der Waals surface area contributed by atoms with Crippen molar-refractivity contribution in [1.82, 2.24) is 4.98 Å². The van der Waals surface area contributed by atoms with Gasteiger partial charge >= 0.3 is 5.97 Å². The Morgan fingerprint density at radius 1 is 1.08 bits per heavy atom. The summed E-state index contributed by atoms with van der Waals surface area (Å²) in [5.41, 5.74) is 2.68. The van der Waals surface area contributed by atoms with Gasteiger partial charge in [-0.3, -0.25) is 4.79 Å². The van der Waals surface area contributed by atoms with Crippen LogP contribution in [0.5, 0.6) is 0 Å². The monoisotopic (exact) mass is 357 g/mol. The molecule has 0 amide bonds. The van der Waals surface area contributed by atoms with E-state index in [1.807, 2.05) is 51.1 Å². The highest BCUT2D eigenvalue weighted by Gasteiger charge is 2.25. The zero-order chi connectivity index (χ0) is 19.3. The van der Waals surface area contributed by atoms with Crippen molar-refractivity contribution in [2.24, 2.45) is 0 Å². The zero-order valence-corrected chi connectivity index (χ0v) is 16.1. The molecule has 0 aliphatic rings. The fourth-order valence-corrected chi connectivity index (χ4v) is 2.76. The second-order valence-corrected chi connectivity index (χ2v) is 7.34. The largest absolute Gasteiger partial charge is 0.455 e. The third-order valence-electron chi connectivity index (χ3n) is 3.90. The van der Waals surface area contributed by atoms with Gasteiger partial charge in [-0.2, -0.15) is 0 Å². The molecule has 0 atom stereocenters. The Bertz CT molecular complexity index is 769. The van der Waals surface area contributed by atoms with E-state index in [4.69, 9.17) is 9.47 Å². The van der Waals surface area contributed by atoms with Gasteiger partial charge in [-0.25, -0.2) is 4.79 Å². The average molecular weight is 357 g/mol. The Hall–Kier alpha value is -2.40. The van der Waals surface area contributed by atoms with Crippen molar-refractivity contribution in [2.45, 2.75) is 53.2 Å². The minimum atomic E-state index is -0.585. The molecule has 2 aromatic rings. The molecule has 2 rings (SSSR count). The van der Waals surface area contributed by atoms with Gasteiger partial charge in [0.1, 0.15) is 11.3 Å². The Labute approximate surface area is 154 Å². The van der Waals surface area contributed by atoms with Crippen LogP contribution in [0.3, 0.4) is 0 Å². The number of Topliss-reactive ketones (excluding diaryl/α,β-unsaturated/α-hetero) is 1. The molecule has 1 aromatic carbocycles. The minimum absolute atomic E-state index is 0.0425. The number of aryl methyl sites for hydroxylation is 1. The fraction of sp³-hybridized carbons (Fsp3) is 0.429. The van der Waals surface area contributed by atoms with E-state index in [9.17, 15) is 9.59 Å². The summed E-state index contributed by atoms with van der Waals surface area (Å²) >= 11 is 0. The first-order chi connectivity index (χ1) is 12.2. The van der Waals surface area contributed by atoms with Crippen molar-refractivity contribution in [3.63, 3.8) is 0 Å². The number of nitrogens with one attached hydrogen (secondary N) is 1. The van der Waals surface area contributed by atoms with Crippen LogP contribution in [0.1, 0.15) is 64.9 Å². The quantitative estimate of drug-likeness (QED) is 0.454. The van der Waals surface area contributed by atoms with E-state index in [-0.39, 0.29) is 12.2 Å². The van der Waals surface area contributed by atoms with Crippen molar-refractivity contribution in [3.05, 3.63) is 58.4 Å². The fourth-order valence-electron chi connectivity index (χ4n) is 2.76. The first kappa shape index (κ1) is 19.9. The molecule has 0 bridgehead atoms. The number of benzene rings is 1. The Kier molecular flexibility index (Phi) is 6.37. The smallest absolute Gasteiger partial charge is 0.355 e. The van der Waals surface area contributed by atoms with Crippen LogP contribution < -0.4 is 0 Å². The average Bonchev–Trinajstić information content (AvgIpc) is 2.86. The van der Waals surface area contributed by atoms with Crippen LogP contribution in [0.15, 0.2) is 30.3 Å². The SMILES string of the molecule is Cc1[nH]c(C(=O)OC(C)(C)C)c(C)c1C(=O)CCOCc1ccccc1. The van der Waals surface area contributed by atoms with E-state index in [1.54, 1.807) is 13.8 Å². The van der Waals surface area contributed by atoms with Crippen molar-refractivity contribution in [1.29, 1.82) is 0 Å². The number of carbonyl (C=O) groups excluding carboxylic acids is 2. The lowest BCUT2D eigenvalue weighted by molar-refractivity contribution is 0.00626. The van der Waals surface area contributed by atoms with Crippen molar-refractivity contribution in [3.8, 4) is 0 Å².